The Morgan fingerprint density at radius 1 is 0.875 bits per heavy atom. The first-order chi connectivity index (χ1) is 7.11. The standard InChI is InChI=1S/C4H8.3CH2O3/c1-3-4-2;3*2-1(3)4/h3H,1,4H2,2H3;3*(H2,2,3,4). The number of carbonyl (C=O) groups is 3. The fraction of sp³-hybridized carbons (Fsp3) is 0.286. The fourth-order valence-corrected chi connectivity index (χ4v) is 0. The van der Waals surface area contributed by atoms with Gasteiger partial charge >= 0.3 is 18.5 Å². The van der Waals surface area contributed by atoms with Crippen molar-refractivity contribution in [2.75, 3.05) is 0 Å². The first-order valence-corrected chi connectivity index (χ1v) is 3.48. The van der Waals surface area contributed by atoms with E-state index in [2.05, 4.69) is 13.5 Å². The van der Waals surface area contributed by atoms with Gasteiger partial charge in [-0.25, -0.2) is 14.4 Å². The van der Waals surface area contributed by atoms with E-state index >= 15 is 0 Å². The van der Waals surface area contributed by atoms with Gasteiger partial charge in [0.1, 0.15) is 0 Å². The molecule has 0 saturated carbocycles. The van der Waals surface area contributed by atoms with Gasteiger partial charge in [-0.3, -0.25) is 0 Å². The van der Waals surface area contributed by atoms with Gasteiger partial charge in [0.25, 0.3) is 0 Å². The van der Waals surface area contributed by atoms with E-state index in [1.54, 1.807) is 0 Å². The van der Waals surface area contributed by atoms with E-state index in [9.17, 15) is 0 Å². The summed E-state index contributed by atoms with van der Waals surface area (Å²) in [7, 11) is 0. The van der Waals surface area contributed by atoms with Crippen LogP contribution in [0.25, 0.3) is 0 Å². The van der Waals surface area contributed by atoms with Gasteiger partial charge < -0.3 is 30.6 Å². The van der Waals surface area contributed by atoms with Crippen molar-refractivity contribution in [3.63, 3.8) is 0 Å². The highest BCUT2D eigenvalue weighted by molar-refractivity contribution is 5.53. The summed E-state index contributed by atoms with van der Waals surface area (Å²) in [5, 5.41) is 41.8. The molecule has 96 valence electrons. The van der Waals surface area contributed by atoms with Gasteiger partial charge in [0.2, 0.25) is 0 Å². The molecule has 9 nitrogen and oxygen atoms in total. The fourth-order valence-electron chi connectivity index (χ4n) is 0. The predicted molar refractivity (Wildman–Crippen MR) is 52.4 cm³/mol. The third kappa shape index (κ3) is 611. The van der Waals surface area contributed by atoms with Crippen molar-refractivity contribution >= 4 is 18.5 Å². The van der Waals surface area contributed by atoms with Crippen LogP contribution >= 0.6 is 0 Å². The highest BCUT2D eigenvalue weighted by Crippen LogP contribution is 1.66. The maximum Gasteiger partial charge on any atom is 0.503 e. The monoisotopic (exact) mass is 242 g/mol. The molecule has 0 atom stereocenters. The zero-order valence-corrected chi connectivity index (χ0v) is 8.40. The molecule has 0 bridgehead atoms. The third-order valence-corrected chi connectivity index (χ3v) is 0.289. The molecule has 6 N–H and O–H groups in total. The van der Waals surface area contributed by atoms with Gasteiger partial charge in [0.15, 0.2) is 0 Å². The van der Waals surface area contributed by atoms with Crippen LogP contribution in [0, 0.1) is 0 Å². The summed E-state index contributed by atoms with van der Waals surface area (Å²) in [6.45, 7) is 5.54. The summed E-state index contributed by atoms with van der Waals surface area (Å²) >= 11 is 0. The Morgan fingerprint density at radius 2 is 0.938 bits per heavy atom. The van der Waals surface area contributed by atoms with Crippen LogP contribution in [0.5, 0.6) is 0 Å². The topological polar surface area (TPSA) is 173 Å². The average molecular weight is 242 g/mol. The molecule has 0 spiro atoms. The molecule has 0 aromatic carbocycles. The van der Waals surface area contributed by atoms with Crippen LogP contribution < -0.4 is 0 Å². The molecular formula is C7H14O9. The molecule has 0 saturated heterocycles. The van der Waals surface area contributed by atoms with E-state index in [1.165, 1.54) is 0 Å². The summed E-state index contributed by atoms with van der Waals surface area (Å²) in [6, 6.07) is 0. The van der Waals surface area contributed by atoms with E-state index in [-0.39, 0.29) is 0 Å². The smallest absolute Gasteiger partial charge is 0.450 e. The van der Waals surface area contributed by atoms with Crippen LogP contribution in [0.15, 0.2) is 12.7 Å². The van der Waals surface area contributed by atoms with E-state index in [1.807, 2.05) is 6.08 Å². The molecule has 0 aliphatic rings. The lowest BCUT2D eigenvalue weighted by Gasteiger charge is -1.60. The molecule has 0 radical (unpaired) electrons. The summed E-state index contributed by atoms with van der Waals surface area (Å²) in [4.78, 5) is 25.7. The molecule has 16 heavy (non-hydrogen) atoms. The molecule has 0 fully saturated rings. The molecular weight excluding hydrogens is 228 g/mol. The quantitative estimate of drug-likeness (QED) is 0.377. The maximum atomic E-state index is 8.56. The molecule has 9 heteroatoms. The highest BCUT2D eigenvalue weighted by atomic mass is 16.6. The Morgan fingerprint density at radius 3 is 0.938 bits per heavy atom. The summed E-state index contributed by atoms with van der Waals surface area (Å²) < 4.78 is 0. The predicted octanol–water partition coefficient (Wildman–Crippen LogP) is 2.25. The zero-order valence-electron chi connectivity index (χ0n) is 8.40. The second-order valence-corrected chi connectivity index (χ2v) is 1.54. The van der Waals surface area contributed by atoms with E-state index in [0.29, 0.717) is 0 Å². The van der Waals surface area contributed by atoms with Crippen molar-refractivity contribution in [2.45, 2.75) is 13.3 Å². The highest BCUT2D eigenvalue weighted by Gasteiger charge is 1.70. The van der Waals surface area contributed by atoms with Crippen molar-refractivity contribution in [2.24, 2.45) is 0 Å². The van der Waals surface area contributed by atoms with Gasteiger partial charge in [-0.15, -0.1) is 6.58 Å². The van der Waals surface area contributed by atoms with Crippen LogP contribution in [0.1, 0.15) is 13.3 Å². The Hall–Kier alpha value is -2.45. The Bertz CT molecular complexity index is 158. The summed E-state index contributed by atoms with van der Waals surface area (Å²) in [5.74, 6) is 0. The van der Waals surface area contributed by atoms with Gasteiger partial charge in [0, 0.05) is 0 Å². The van der Waals surface area contributed by atoms with Crippen molar-refractivity contribution in [1.82, 2.24) is 0 Å². The third-order valence-electron chi connectivity index (χ3n) is 0.289. The molecule has 0 aliphatic heterocycles. The van der Waals surface area contributed by atoms with Gasteiger partial charge in [-0.2, -0.15) is 0 Å². The minimum atomic E-state index is -1.83. The lowest BCUT2D eigenvalue weighted by atomic mass is 10.5. The molecule has 0 heterocycles. The average Bonchev–Trinajstić information content (AvgIpc) is 2.00. The Kier molecular flexibility index (Phi) is 33.5. The minimum absolute atomic E-state index is 1.08. The SMILES string of the molecule is C=CCC.O=C(O)O.O=C(O)O.O=C(O)O. The molecule has 0 aromatic rings. The first-order valence-electron chi connectivity index (χ1n) is 3.48. The van der Waals surface area contributed by atoms with E-state index in [4.69, 9.17) is 45.0 Å². The van der Waals surface area contributed by atoms with Crippen LogP contribution in [0.4, 0.5) is 14.4 Å². The van der Waals surface area contributed by atoms with Gasteiger partial charge in [-0.05, 0) is 6.42 Å². The molecule has 0 amide bonds. The van der Waals surface area contributed by atoms with Gasteiger partial charge in [0.05, 0.1) is 0 Å². The van der Waals surface area contributed by atoms with Crippen LogP contribution in [0.2, 0.25) is 0 Å². The first kappa shape index (κ1) is 23.4. The Balaban J connectivity index is -0.0000000600. The summed E-state index contributed by atoms with van der Waals surface area (Å²) in [5.41, 5.74) is 0. The number of rotatable bonds is 1. The molecule has 0 unspecified atom stereocenters. The van der Waals surface area contributed by atoms with Crippen molar-refractivity contribution < 1.29 is 45.0 Å². The molecule has 0 aromatic heterocycles. The maximum absolute atomic E-state index is 8.56. The Labute approximate surface area is 90.5 Å². The van der Waals surface area contributed by atoms with Gasteiger partial charge in [-0.1, -0.05) is 13.0 Å². The lowest BCUT2D eigenvalue weighted by molar-refractivity contribution is 0.135. The lowest BCUT2D eigenvalue weighted by Crippen LogP contribution is -1.81. The minimum Gasteiger partial charge on any atom is -0.450 e. The van der Waals surface area contributed by atoms with E-state index in [0.717, 1.165) is 6.42 Å². The van der Waals surface area contributed by atoms with E-state index < -0.39 is 18.5 Å². The largest absolute Gasteiger partial charge is 0.503 e. The van der Waals surface area contributed by atoms with Crippen LogP contribution in [-0.2, 0) is 0 Å². The second-order valence-electron chi connectivity index (χ2n) is 1.54. The number of carboxylic acid groups (broad SMARTS) is 6. The normalized spacial score (nSPS) is 6.06. The summed E-state index contributed by atoms with van der Waals surface area (Å²) in [6.07, 6.45) is -2.54. The second kappa shape index (κ2) is 22.9. The number of hydrogen-bond acceptors (Lipinski definition) is 3. The van der Waals surface area contributed by atoms with Crippen molar-refractivity contribution in [3.05, 3.63) is 12.7 Å². The van der Waals surface area contributed by atoms with Crippen molar-refractivity contribution in [1.29, 1.82) is 0 Å². The molecule has 0 aliphatic carbocycles. The zero-order chi connectivity index (χ0) is 14.1. The van der Waals surface area contributed by atoms with Crippen LogP contribution in [-0.4, -0.2) is 49.1 Å². The molecule has 0 rings (SSSR count). The van der Waals surface area contributed by atoms with Crippen LogP contribution in [0.3, 0.4) is 0 Å². The van der Waals surface area contributed by atoms with Crippen molar-refractivity contribution in [3.8, 4) is 0 Å². The number of hydrogen-bond donors (Lipinski definition) is 6. The number of allylic oxidation sites excluding steroid dienone is 1.